The van der Waals surface area contributed by atoms with Crippen LogP contribution in [0.4, 0.5) is 4.39 Å². The van der Waals surface area contributed by atoms with Gasteiger partial charge in [0.15, 0.2) is 6.61 Å². The molecule has 0 bridgehead atoms. The molecule has 20 heavy (non-hydrogen) atoms. The summed E-state index contributed by atoms with van der Waals surface area (Å²) in [5, 5.41) is 8.96. The summed E-state index contributed by atoms with van der Waals surface area (Å²) in [6.45, 7) is 4.10. The van der Waals surface area contributed by atoms with E-state index in [1.807, 2.05) is 13.8 Å². The van der Waals surface area contributed by atoms with Gasteiger partial charge in [-0.2, -0.15) is 0 Å². The third kappa shape index (κ3) is 4.98. The number of aliphatic hydroxyl groups excluding tert-OH is 1. The fourth-order valence-corrected chi connectivity index (χ4v) is 1.95. The molecule has 1 N–H and O–H groups in total. The van der Waals surface area contributed by atoms with Gasteiger partial charge < -0.3 is 14.7 Å². The van der Waals surface area contributed by atoms with E-state index in [1.165, 1.54) is 12.1 Å². The van der Waals surface area contributed by atoms with Gasteiger partial charge in [-0.15, -0.1) is 0 Å². The summed E-state index contributed by atoms with van der Waals surface area (Å²) in [6.07, 6.45) is 0.515. The Morgan fingerprint density at radius 1 is 1.50 bits per heavy atom. The maximum atomic E-state index is 12.9. The molecule has 1 rings (SSSR count). The Hall–Kier alpha value is -1.33. The molecule has 0 aromatic heterocycles. The zero-order valence-corrected chi connectivity index (χ0v) is 12.4. The van der Waals surface area contributed by atoms with Gasteiger partial charge in [-0.25, -0.2) is 4.39 Å². The summed E-state index contributed by atoms with van der Waals surface area (Å²) in [7, 11) is 0. The molecule has 0 unspecified atom stereocenters. The molecule has 0 fully saturated rings. The Balaban J connectivity index is 2.60. The first-order chi connectivity index (χ1) is 9.45. The van der Waals surface area contributed by atoms with Gasteiger partial charge in [-0.05, 0) is 38.5 Å². The van der Waals surface area contributed by atoms with Crippen molar-refractivity contribution in [3.8, 4) is 5.75 Å². The van der Waals surface area contributed by atoms with E-state index in [9.17, 15) is 9.18 Å². The molecule has 0 aliphatic carbocycles. The number of carbonyl (C=O) groups is 1. The average Bonchev–Trinajstić information content (AvgIpc) is 2.37. The van der Waals surface area contributed by atoms with Gasteiger partial charge in [0.1, 0.15) is 11.6 Å². The molecule has 0 saturated heterocycles. The van der Waals surface area contributed by atoms with E-state index in [4.69, 9.17) is 21.4 Å². The highest BCUT2D eigenvalue weighted by Gasteiger charge is 2.17. The number of hydrogen-bond acceptors (Lipinski definition) is 3. The van der Waals surface area contributed by atoms with Crippen molar-refractivity contribution in [3.05, 3.63) is 29.0 Å². The lowest BCUT2D eigenvalue weighted by Crippen LogP contribution is -2.40. The molecular formula is C14H19ClFNO3. The number of ether oxygens (including phenoxy) is 1. The lowest BCUT2D eigenvalue weighted by Gasteiger charge is -2.26. The fraction of sp³-hybridized carbons (Fsp3) is 0.500. The molecule has 1 aromatic carbocycles. The van der Waals surface area contributed by atoms with Crippen molar-refractivity contribution in [1.29, 1.82) is 0 Å². The molecule has 0 aliphatic rings. The number of nitrogens with zero attached hydrogens (tertiary/aromatic N) is 1. The van der Waals surface area contributed by atoms with Crippen LogP contribution in [-0.4, -0.2) is 41.7 Å². The van der Waals surface area contributed by atoms with Crippen LogP contribution < -0.4 is 4.74 Å². The van der Waals surface area contributed by atoms with Crippen LogP contribution in [0.2, 0.25) is 5.02 Å². The maximum Gasteiger partial charge on any atom is 0.260 e. The second kappa shape index (κ2) is 8.07. The minimum atomic E-state index is -0.458. The van der Waals surface area contributed by atoms with Gasteiger partial charge in [-0.1, -0.05) is 11.6 Å². The zero-order chi connectivity index (χ0) is 15.1. The molecule has 4 nitrogen and oxygen atoms in total. The molecule has 6 heteroatoms. The van der Waals surface area contributed by atoms with Gasteiger partial charge in [0.2, 0.25) is 0 Å². The number of hydrogen-bond donors (Lipinski definition) is 1. The van der Waals surface area contributed by atoms with Crippen molar-refractivity contribution in [2.45, 2.75) is 26.3 Å². The highest BCUT2D eigenvalue weighted by Crippen LogP contribution is 2.24. The monoisotopic (exact) mass is 303 g/mol. The Morgan fingerprint density at radius 3 is 2.75 bits per heavy atom. The first kappa shape index (κ1) is 16.7. The Morgan fingerprint density at radius 2 is 2.20 bits per heavy atom. The van der Waals surface area contributed by atoms with Crippen LogP contribution >= 0.6 is 11.6 Å². The summed E-state index contributed by atoms with van der Waals surface area (Å²) in [6, 6.07) is 3.75. The number of carbonyl (C=O) groups excluding carboxylic acids is 1. The highest BCUT2D eigenvalue weighted by atomic mass is 35.5. The van der Waals surface area contributed by atoms with E-state index >= 15 is 0 Å². The number of benzene rings is 1. The van der Waals surface area contributed by atoms with Gasteiger partial charge >= 0.3 is 0 Å². The van der Waals surface area contributed by atoms with Crippen LogP contribution in [-0.2, 0) is 4.79 Å². The SMILES string of the molecule is CC(C)N(CCCO)C(=O)COc1ccc(F)cc1Cl. The predicted molar refractivity (Wildman–Crippen MR) is 75.5 cm³/mol. The summed E-state index contributed by atoms with van der Waals surface area (Å²) in [5.41, 5.74) is 0. The quantitative estimate of drug-likeness (QED) is 0.842. The number of halogens is 2. The van der Waals surface area contributed by atoms with Crippen LogP contribution in [0, 0.1) is 5.82 Å². The average molecular weight is 304 g/mol. The first-order valence-electron chi connectivity index (χ1n) is 6.44. The third-order valence-electron chi connectivity index (χ3n) is 2.75. The number of aliphatic hydroxyl groups is 1. The van der Waals surface area contributed by atoms with E-state index in [0.717, 1.165) is 6.07 Å². The van der Waals surface area contributed by atoms with Crippen LogP contribution in [0.1, 0.15) is 20.3 Å². The molecule has 112 valence electrons. The lowest BCUT2D eigenvalue weighted by molar-refractivity contribution is -0.135. The summed E-state index contributed by atoms with van der Waals surface area (Å²) in [4.78, 5) is 13.7. The number of rotatable bonds is 7. The second-order valence-corrected chi connectivity index (χ2v) is 5.03. The van der Waals surface area contributed by atoms with E-state index < -0.39 is 5.82 Å². The van der Waals surface area contributed by atoms with E-state index in [-0.39, 0.29) is 35.9 Å². The minimum Gasteiger partial charge on any atom is -0.482 e. The maximum absolute atomic E-state index is 12.9. The van der Waals surface area contributed by atoms with E-state index in [1.54, 1.807) is 4.90 Å². The second-order valence-electron chi connectivity index (χ2n) is 4.62. The van der Waals surface area contributed by atoms with Gasteiger partial charge in [-0.3, -0.25) is 4.79 Å². The molecule has 0 heterocycles. The van der Waals surface area contributed by atoms with Crippen molar-refractivity contribution in [2.75, 3.05) is 19.8 Å². The molecular weight excluding hydrogens is 285 g/mol. The van der Waals surface area contributed by atoms with Crippen molar-refractivity contribution in [3.63, 3.8) is 0 Å². The summed E-state index contributed by atoms with van der Waals surface area (Å²) < 4.78 is 18.2. The van der Waals surface area contributed by atoms with Gasteiger partial charge in [0.25, 0.3) is 5.91 Å². The van der Waals surface area contributed by atoms with Crippen LogP contribution in [0.3, 0.4) is 0 Å². The van der Waals surface area contributed by atoms with Crippen molar-refractivity contribution in [2.24, 2.45) is 0 Å². The van der Waals surface area contributed by atoms with Crippen LogP contribution in [0.5, 0.6) is 5.75 Å². The third-order valence-corrected chi connectivity index (χ3v) is 3.04. The largest absolute Gasteiger partial charge is 0.482 e. The van der Waals surface area contributed by atoms with E-state index in [0.29, 0.717) is 13.0 Å². The summed E-state index contributed by atoms with van der Waals surface area (Å²) in [5.74, 6) is -0.387. The van der Waals surface area contributed by atoms with Crippen molar-refractivity contribution >= 4 is 17.5 Å². The Kier molecular flexibility index (Phi) is 6.75. The predicted octanol–water partition coefficient (Wildman–Crippen LogP) is 2.48. The molecule has 1 aromatic rings. The molecule has 0 aliphatic heterocycles. The molecule has 0 atom stereocenters. The van der Waals surface area contributed by atoms with Crippen molar-refractivity contribution in [1.82, 2.24) is 4.90 Å². The van der Waals surface area contributed by atoms with Gasteiger partial charge in [0, 0.05) is 19.2 Å². The molecule has 0 spiro atoms. The smallest absolute Gasteiger partial charge is 0.260 e. The summed E-state index contributed by atoms with van der Waals surface area (Å²) >= 11 is 5.82. The Labute approximate surface area is 123 Å². The van der Waals surface area contributed by atoms with E-state index in [2.05, 4.69) is 0 Å². The Bertz CT molecular complexity index is 454. The number of amides is 1. The van der Waals surface area contributed by atoms with Crippen LogP contribution in [0.15, 0.2) is 18.2 Å². The molecule has 0 radical (unpaired) electrons. The highest BCUT2D eigenvalue weighted by molar-refractivity contribution is 6.32. The normalized spacial score (nSPS) is 10.7. The first-order valence-corrected chi connectivity index (χ1v) is 6.81. The fourth-order valence-electron chi connectivity index (χ4n) is 1.73. The zero-order valence-electron chi connectivity index (χ0n) is 11.6. The van der Waals surface area contributed by atoms with Gasteiger partial charge in [0.05, 0.1) is 5.02 Å². The molecule has 0 saturated carbocycles. The lowest BCUT2D eigenvalue weighted by atomic mass is 10.3. The standard InChI is InChI=1S/C14H19ClFNO3/c1-10(2)17(6-3-7-18)14(19)9-20-13-5-4-11(16)8-12(13)15/h4-5,8,10,18H,3,6-7,9H2,1-2H3. The molecule has 1 amide bonds. The van der Waals surface area contributed by atoms with Crippen LogP contribution in [0.25, 0.3) is 0 Å². The minimum absolute atomic E-state index is 0.0151. The topological polar surface area (TPSA) is 49.8 Å². The van der Waals surface area contributed by atoms with Crippen molar-refractivity contribution < 1.29 is 19.0 Å².